The molecule has 2 N–H and O–H groups in total. The number of rotatable bonds is 3. The van der Waals surface area contributed by atoms with E-state index in [4.69, 9.17) is 16.0 Å². The lowest BCUT2D eigenvalue weighted by Gasteiger charge is -2.12. The van der Waals surface area contributed by atoms with Gasteiger partial charge in [-0.3, -0.25) is 4.79 Å². The van der Waals surface area contributed by atoms with E-state index in [9.17, 15) is 27.9 Å². The highest BCUT2D eigenvalue weighted by atomic mass is 35.5. The molecule has 0 fully saturated rings. The molecule has 2 aromatic carbocycles. The van der Waals surface area contributed by atoms with Crippen molar-refractivity contribution in [3.05, 3.63) is 63.5 Å². The van der Waals surface area contributed by atoms with E-state index in [0.29, 0.717) is 0 Å². The molecule has 0 aliphatic heterocycles. The van der Waals surface area contributed by atoms with Crippen LogP contribution in [0.25, 0.3) is 11.0 Å². The first-order valence-corrected chi connectivity index (χ1v) is 7.65. The minimum absolute atomic E-state index is 0.0218. The van der Waals surface area contributed by atoms with Crippen LogP contribution in [0.15, 0.2) is 51.7 Å². The molecule has 0 saturated carbocycles. The summed E-state index contributed by atoms with van der Waals surface area (Å²) < 4.78 is 45.4. The Morgan fingerprint density at radius 1 is 1.19 bits per heavy atom. The van der Waals surface area contributed by atoms with E-state index in [2.05, 4.69) is 10.1 Å². The van der Waals surface area contributed by atoms with Crippen molar-refractivity contribution in [2.75, 3.05) is 5.32 Å². The summed E-state index contributed by atoms with van der Waals surface area (Å²) in [5.74, 6) is -2.26. The second-order valence-corrected chi connectivity index (χ2v) is 5.66. The Balaban J connectivity index is 1.91. The fourth-order valence-electron chi connectivity index (χ4n) is 2.31. The third kappa shape index (κ3) is 3.98. The number of nitrogens with one attached hydrogen (secondary N) is 1. The molecule has 1 amide bonds. The number of fused-ring (bicyclic) bond motifs is 1. The number of hydrogen-bond acceptors (Lipinski definition) is 5. The topological polar surface area (TPSA) is 88.8 Å². The Bertz CT molecular complexity index is 1090. The van der Waals surface area contributed by atoms with Gasteiger partial charge in [-0.2, -0.15) is 0 Å². The zero-order chi connectivity index (χ0) is 19.8. The van der Waals surface area contributed by atoms with Gasteiger partial charge in [0, 0.05) is 5.69 Å². The molecule has 0 atom stereocenters. The summed E-state index contributed by atoms with van der Waals surface area (Å²) >= 11 is 5.70. The van der Waals surface area contributed by atoms with Gasteiger partial charge in [0.25, 0.3) is 5.91 Å². The fraction of sp³-hybridized carbons (Fsp3) is 0.0588. The molecule has 0 saturated heterocycles. The number of halogens is 4. The largest absolute Gasteiger partial charge is 0.573 e. The molecule has 27 heavy (non-hydrogen) atoms. The highest BCUT2D eigenvalue weighted by Gasteiger charge is 2.32. The number of amides is 1. The highest BCUT2D eigenvalue weighted by molar-refractivity contribution is 6.32. The van der Waals surface area contributed by atoms with Gasteiger partial charge in [0.1, 0.15) is 17.1 Å². The Morgan fingerprint density at radius 3 is 2.56 bits per heavy atom. The van der Waals surface area contributed by atoms with Crippen LogP contribution >= 0.6 is 11.6 Å². The predicted molar refractivity (Wildman–Crippen MR) is 90.2 cm³/mol. The number of hydrogen-bond donors (Lipinski definition) is 2. The standard InChI is InChI=1S/C17H9ClF3NO5/c18-10-7-8(5-6-12(10)27-17(19,20)21)22-15(24)13-14(23)9-3-1-2-4-11(9)26-16(13)25/h1-7,23H,(H,22,24). The lowest BCUT2D eigenvalue weighted by molar-refractivity contribution is -0.274. The molecule has 3 rings (SSSR count). The monoisotopic (exact) mass is 399 g/mol. The minimum atomic E-state index is -4.93. The summed E-state index contributed by atoms with van der Waals surface area (Å²) in [7, 11) is 0. The van der Waals surface area contributed by atoms with E-state index in [0.717, 1.165) is 18.2 Å². The van der Waals surface area contributed by atoms with Gasteiger partial charge in [0.05, 0.1) is 10.4 Å². The zero-order valence-corrected chi connectivity index (χ0v) is 13.9. The first-order chi connectivity index (χ1) is 12.7. The smallest absolute Gasteiger partial charge is 0.506 e. The molecule has 0 unspecified atom stereocenters. The SMILES string of the molecule is O=C(Nc1ccc(OC(F)(F)F)c(Cl)c1)c1c(O)c2ccccc2oc1=O. The number of carbonyl (C=O) groups excluding carboxylic acids is 1. The summed E-state index contributed by atoms with van der Waals surface area (Å²) in [6.45, 7) is 0. The molecular weight excluding hydrogens is 391 g/mol. The lowest BCUT2D eigenvalue weighted by atomic mass is 10.1. The summed E-state index contributed by atoms with van der Waals surface area (Å²) in [5.41, 5.74) is -1.66. The number of ether oxygens (including phenoxy) is 1. The molecule has 1 heterocycles. The minimum Gasteiger partial charge on any atom is -0.506 e. The molecule has 1 aromatic heterocycles. The van der Waals surface area contributed by atoms with Gasteiger partial charge in [-0.25, -0.2) is 4.79 Å². The van der Waals surface area contributed by atoms with Crippen molar-refractivity contribution < 1.29 is 32.2 Å². The van der Waals surface area contributed by atoms with Crippen molar-refractivity contribution in [3.63, 3.8) is 0 Å². The number of carbonyl (C=O) groups is 1. The first-order valence-electron chi connectivity index (χ1n) is 7.27. The van der Waals surface area contributed by atoms with Gasteiger partial charge in [0.15, 0.2) is 5.56 Å². The van der Waals surface area contributed by atoms with Crippen molar-refractivity contribution in [1.82, 2.24) is 0 Å². The van der Waals surface area contributed by atoms with Crippen LogP contribution in [0.5, 0.6) is 11.5 Å². The van der Waals surface area contributed by atoms with Crippen LogP contribution in [-0.2, 0) is 0 Å². The Hall–Kier alpha value is -3.20. The van der Waals surface area contributed by atoms with Crippen LogP contribution in [0, 0.1) is 0 Å². The number of benzene rings is 2. The maximum Gasteiger partial charge on any atom is 0.573 e. The zero-order valence-electron chi connectivity index (χ0n) is 13.1. The molecule has 140 valence electrons. The average molecular weight is 400 g/mol. The van der Waals surface area contributed by atoms with Gasteiger partial charge >= 0.3 is 12.0 Å². The van der Waals surface area contributed by atoms with Crippen molar-refractivity contribution in [1.29, 1.82) is 0 Å². The maximum absolute atomic E-state index is 12.3. The number of para-hydroxylation sites is 1. The van der Waals surface area contributed by atoms with Crippen molar-refractivity contribution in [2.24, 2.45) is 0 Å². The van der Waals surface area contributed by atoms with Crippen LogP contribution in [0.3, 0.4) is 0 Å². The summed E-state index contributed by atoms with van der Waals surface area (Å²) in [4.78, 5) is 24.3. The van der Waals surface area contributed by atoms with Gasteiger partial charge < -0.3 is 19.6 Å². The number of anilines is 1. The van der Waals surface area contributed by atoms with Crippen molar-refractivity contribution in [2.45, 2.75) is 6.36 Å². The maximum atomic E-state index is 12.3. The van der Waals surface area contributed by atoms with E-state index in [1.165, 1.54) is 12.1 Å². The quantitative estimate of drug-likeness (QED) is 0.641. The average Bonchev–Trinajstić information content (AvgIpc) is 2.56. The Morgan fingerprint density at radius 2 is 1.89 bits per heavy atom. The number of aromatic hydroxyl groups is 1. The molecular formula is C17H9ClF3NO5. The van der Waals surface area contributed by atoms with Crippen LogP contribution in [0.2, 0.25) is 5.02 Å². The van der Waals surface area contributed by atoms with Gasteiger partial charge in [0.2, 0.25) is 0 Å². The normalized spacial score (nSPS) is 11.4. The van der Waals surface area contributed by atoms with E-state index in [-0.39, 0.29) is 16.7 Å². The predicted octanol–water partition coefficient (Wildman–Crippen LogP) is 4.30. The molecule has 0 bridgehead atoms. The lowest BCUT2D eigenvalue weighted by Crippen LogP contribution is -2.21. The molecule has 3 aromatic rings. The van der Waals surface area contributed by atoms with E-state index in [1.54, 1.807) is 12.1 Å². The molecule has 6 nitrogen and oxygen atoms in total. The summed E-state index contributed by atoms with van der Waals surface area (Å²) in [6, 6.07) is 9.03. The second-order valence-electron chi connectivity index (χ2n) is 5.26. The van der Waals surface area contributed by atoms with Gasteiger partial charge in [-0.05, 0) is 30.3 Å². The van der Waals surface area contributed by atoms with Crippen molar-refractivity contribution in [3.8, 4) is 11.5 Å². The fourth-order valence-corrected chi connectivity index (χ4v) is 2.53. The summed E-state index contributed by atoms with van der Waals surface area (Å²) in [6.07, 6.45) is -4.93. The van der Waals surface area contributed by atoms with Crippen molar-refractivity contribution >= 4 is 34.2 Å². The number of alkyl halides is 3. The van der Waals surface area contributed by atoms with E-state index in [1.807, 2.05) is 0 Å². The second kappa shape index (κ2) is 6.84. The van der Waals surface area contributed by atoms with Gasteiger partial charge in [-0.1, -0.05) is 23.7 Å². The van der Waals surface area contributed by atoms with Crippen LogP contribution < -0.4 is 15.7 Å². The summed E-state index contributed by atoms with van der Waals surface area (Å²) in [5, 5.41) is 12.2. The van der Waals surface area contributed by atoms with Crippen LogP contribution in [0.4, 0.5) is 18.9 Å². The van der Waals surface area contributed by atoms with E-state index >= 15 is 0 Å². The first kappa shape index (κ1) is 18.6. The molecule has 0 aliphatic carbocycles. The molecule has 0 aliphatic rings. The highest BCUT2D eigenvalue weighted by Crippen LogP contribution is 2.32. The molecule has 0 radical (unpaired) electrons. The molecule has 0 spiro atoms. The van der Waals surface area contributed by atoms with Crippen LogP contribution in [0.1, 0.15) is 10.4 Å². The van der Waals surface area contributed by atoms with Gasteiger partial charge in [-0.15, -0.1) is 13.2 Å². The Labute approximate surface area is 153 Å². The Kier molecular flexibility index (Phi) is 4.71. The molecule has 10 heteroatoms. The van der Waals surface area contributed by atoms with Crippen LogP contribution in [-0.4, -0.2) is 17.4 Å². The third-order valence-electron chi connectivity index (χ3n) is 3.43. The third-order valence-corrected chi connectivity index (χ3v) is 3.72. The van der Waals surface area contributed by atoms with E-state index < -0.39 is 40.0 Å².